The summed E-state index contributed by atoms with van der Waals surface area (Å²) in [6.45, 7) is 3.65. The summed E-state index contributed by atoms with van der Waals surface area (Å²) in [6, 6.07) is 8.49. The number of hydrogen-bond acceptors (Lipinski definition) is 2. The van der Waals surface area contributed by atoms with Crippen molar-refractivity contribution >= 4 is 32.7 Å². The lowest BCUT2D eigenvalue weighted by molar-refractivity contribution is -0.546. The second kappa shape index (κ2) is 7.76. The van der Waals surface area contributed by atoms with Crippen molar-refractivity contribution in [3.8, 4) is 0 Å². The Morgan fingerprint density at radius 3 is 2.35 bits per heavy atom. The van der Waals surface area contributed by atoms with Gasteiger partial charge in [0.05, 0.1) is 5.56 Å². The first-order valence-electron chi connectivity index (χ1n) is 5.31. The molecule has 0 spiro atoms. The molecule has 2 rings (SSSR count). The topological polar surface area (TPSA) is 12.2 Å². The molecule has 0 amide bonds. The second-order valence-corrected chi connectivity index (χ2v) is 5.33. The molecule has 1 heterocycles. The Labute approximate surface area is 132 Å². The normalized spacial score (nSPS) is 15.3. The molecule has 0 unspecified atom stereocenters. The van der Waals surface area contributed by atoms with Crippen LogP contribution < -0.4 is 24.0 Å². The summed E-state index contributed by atoms with van der Waals surface area (Å²) in [6.07, 6.45) is 2.13. The monoisotopic (exact) mass is 427 g/mol. The van der Waals surface area contributed by atoms with Crippen molar-refractivity contribution < 1.29 is 33.3 Å². The van der Waals surface area contributed by atoms with Gasteiger partial charge >= 0.3 is 0 Å². The lowest BCUT2D eigenvalue weighted by Crippen LogP contribution is -3.00. The molecule has 2 nitrogen and oxygen atoms in total. The third-order valence-corrected chi connectivity index (χ3v) is 3.99. The van der Waals surface area contributed by atoms with Gasteiger partial charge in [-0.2, -0.15) is 0 Å². The molecule has 0 bridgehead atoms. The van der Waals surface area contributed by atoms with Crippen LogP contribution in [0.5, 0.6) is 0 Å². The van der Waals surface area contributed by atoms with Gasteiger partial charge in [-0.25, -0.2) is 4.58 Å². The van der Waals surface area contributed by atoms with Crippen molar-refractivity contribution in [3.05, 3.63) is 34.3 Å². The molecule has 1 aliphatic heterocycles. The summed E-state index contributed by atoms with van der Waals surface area (Å²) in [7, 11) is 0. The summed E-state index contributed by atoms with van der Waals surface area (Å²) < 4.78 is 8.90. The van der Waals surface area contributed by atoms with E-state index in [4.69, 9.17) is 4.74 Å². The molecular formula is C12H15BrINOS. The Balaban J connectivity index is 0.00000144. The highest BCUT2D eigenvalue weighted by Gasteiger charge is 2.19. The first kappa shape index (κ1) is 15.5. The van der Waals surface area contributed by atoms with E-state index in [1.54, 1.807) is 0 Å². The van der Waals surface area contributed by atoms with Crippen molar-refractivity contribution in [3.63, 3.8) is 0 Å². The van der Waals surface area contributed by atoms with Crippen LogP contribution in [0.15, 0.2) is 28.7 Å². The zero-order valence-electron chi connectivity index (χ0n) is 9.66. The number of hydrogen-bond donors (Lipinski definition) is 0. The number of nitrogens with zero attached hydrogens (tertiary/aromatic N) is 1. The highest BCUT2D eigenvalue weighted by Crippen LogP contribution is 2.16. The molecule has 0 N–H and O–H groups in total. The number of benzene rings is 1. The Morgan fingerprint density at radius 2 is 1.82 bits per heavy atom. The molecule has 1 fully saturated rings. The van der Waals surface area contributed by atoms with Gasteiger partial charge in [0.15, 0.2) is 13.1 Å². The SMILES string of the molecule is CSC(c1ccc(Br)cc1)=[N+]1CCOCC1.[I-]. The quantitative estimate of drug-likeness (QED) is 0.343. The maximum atomic E-state index is 5.38. The van der Waals surface area contributed by atoms with Crippen LogP contribution in [0, 0.1) is 0 Å². The van der Waals surface area contributed by atoms with E-state index in [0.29, 0.717) is 0 Å². The molecule has 94 valence electrons. The van der Waals surface area contributed by atoms with E-state index in [1.165, 1.54) is 10.6 Å². The van der Waals surface area contributed by atoms with Crippen LogP contribution in [0.4, 0.5) is 0 Å². The first-order chi connectivity index (χ1) is 7.81. The lowest BCUT2D eigenvalue weighted by Gasteiger charge is -2.14. The summed E-state index contributed by atoms with van der Waals surface area (Å²) in [5.41, 5.74) is 1.29. The molecule has 1 aliphatic rings. The average Bonchev–Trinajstić information content (AvgIpc) is 2.34. The van der Waals surface area contributed by atoms with Crippen molar-refractivity contribution in [2.45, 2.75) is 0 Å². The van der Waals surface area contributed by atoms with E-state index >= 15 is 0 Å². The van der Waals surface area contributed by atoms with Gasteiger partial charge < -0.3 is 28.7 Å². The third kappa shape index (κ3) is 4.22. The molecule has 1 aromatic rings. The molecular weight excluding hydrogens is 413 g/mol. The number of ether oxygens (including phenoxy) is 1. The minimum absolute atomic E-state index is 0. The standard InChI is InChI=1S/C12H15BrNOS.HI/c1-16-12(14-6-8-15-9-7-14)10-2-4-11(13)5-3-10;/h2-5H,6-9H2,1H3;1H/q+1;/p-1. The smallest absolute Gasteiger partial charge is 0.241 e. The Hall–Kier alpha value is 0.410. The number of halogens is 2. The van der Waals surface area contributed by atoms with Crippen molar-refractivity contribution in [1.82, 2.24) is 0 Å². The van der Waals surface area contributed by atoms with Crippen molar-refractivity contribution in [2.24, 2.45) is 0 Å². The highest BCUT2D eigenvalue weighted by atomic mass is 127. The van der Waals surface area contributed by atoms with Gasteiger partial charge in [-0.15, -0.1) is 0 Å². The molecule has 0 aromatic heterocycles. The zero-order valence-corrected chi connectivity index (χ0v) is 14.2. The fraction of sp³-hybridized carbons (Fsp3) is 0.417. The third-order valence-electron chi connectivity index (χ3n) is 2.58. The van der Waals surface area contributed by atoms with E-state index in [0.717, 1.165) is 30.8 Å². The predicted molar refractivity (Wildman–Crippen MR) is 72.6 cm³/mol. The van der Waals surface area contributed by atoms with Gasteiger partial charge in [0.2, 0.25) is 5.04 Å². The first-order valence-corrected chi connectivity index (χ1v) is 7.32. The van der Waals surface area contributed by atoms with E-state index in [9.17, 15) is 0 Å². The molecule has 0 aliphatic carbocycles. The molecule has 17 heavy (non-hydrogen) atoms. The van der Waals surface area contributed by atoms with E-state index in [1.807, 2.05) is 11.8 Å². The summed E-state index contributed by atoms with van der Waals surface area (Å²) in [5.74, 6) is 0. The molecule has 1 aromatic carbocycles. The molecule has 5 heteroatoms. The van der Waals surface area contributed by atoms with E-state index < -0.39 is 0 Å². The Bertz CT molecular complexity index is 386. The molecule has 0 atom stereocenters. The fourth-order valence-electron chi connectivity index (χ4n) is 1.79. The Morgan fingerprint density at radius 1 is 1.24 bits per heavy atom. The molecule has 0 radical (unpaired) electrons. The summed E-state index contributed by atoms with van der Waals surface area (Å²) in [5, 5.41) is 1.34. The van der Waals surface area contributed by atoms with Gasteiger partial charge in [-0.1, -0.05) is 27.7 Å². The van der Waals surface area contributed by atoms with Crippen molar-refractivity contribution in [1.29, 1.82) is 0 Å². The average molecular weight is 428 g/mol. The number of rotatable bonds is 1. The van der Waals surface area contributed by atoms with Crippen LogP contribution in [-0.2, 0) is 4.74 Å². The van der Waals surface area contributed by atoms with Gasteiger partial charge in [-0.05, 0) is 30.5 Å². The van der Waals surface area contributed by atoms with Crippen LogP contribution in [0.2, 0.25) is 0 Å². The molecule has 1 saturated heterocycles. The van der Waals surface area contributed by atoms with Crippen LogP contribution in [0.1, 0.15) is 5.56 Å². The number of thioether (sulfide) groups is 1. The molecule has 0 saturated carbocycles. The highest BCUT2D eigenvalue weighted by molar-refractivity contribution is 9.10. The largest absolute Gasteiger partial charge is 1.00 e. The summed E-state index contributed by atoms with van der Waals surface area (Å²) in [4.78, 5) is 0. The van der Waals surface area contributed by atoms with Gasteiger partial charge in [-0.3, -0.25) is 0 Å². The second-order valence-electron chi connectivity index (χ2n) is 3.62. The Kier molecular flexibility index (Phi) is 7.06. The van der Waals surface area contributed by atoms with E-state index in [2.05, 4.69) is 51.0 Å². The van der Waals surface area contributed by atoms with Crippen LogP contribution >= 0.6 is 27.7 Å². The van der Waals surface area contributed by atoms with Gasteiger partial charge in [0.25, 0.3) is 0 Å². The fourth-order valence-corrected chi connectivity index (χ4v) is 2.87. The predicted octanol–water partition coefficient (Wildman–Crippen LogP) is -0.395. The van der Waals surface area contributed by atoms with Gasteiger partial charge in [0.1, 0.15) is 13.2 Å². The maximum Gasteiger partial charge on any atom is 0.241 e. The minimum atomic E-state index is 0. The zero-order chi connectivity index (χ0) is 11.4. The van der Waals surface area contributed by atoms with Crippen molar-refractivity contribution in [2.75, 3.05) is 32.6 Å². The van der Waals surface area contributed by atoms with Crippen LogP contribution in [0.25, 0.3) is 0 Å². The van der Waals surface area contributed by atoms with E-state index in [-0.39, 0.29) is 24.0 Å². The summed E-state index contributed by atoms with van der Waals surface area (Å²) >= 11 is 5.27. The van der Waals surface area contributed by atoms with Gasteiger partial charge in [0, 0.05) is 4.47 Å². The van der Waals surface area contributed by atoms with Crippen LogP contribution in [0.3, 0.4) is 0 Å². The van der Waals surface area contributed by atoms with Crippen LogP contribution in [-0.4, -0.2) is 42.2 Å². The minimum Gasteiger partial charge on any atom is -1.00 e. The number of morpholine rings is 1. The maximum absolute atomic E-state index is 5.38. The lowest BCUT2D eigenvalue weighted by atomic mass is 10.2.